The van der Waals surface area contributed by atoms with E-state index >= 15 is 0 Å². The van der Waals surface area contributed by atoms with Crippen LogP contribution >= 0.6 is 0 Å². The van der Waals surface area contributed by atoms with Crippen molar-refractivity contribution >= 4 is 71.7 Å². The summed E-state index contributed by atoms with van der Waals surface area (Å²) in [5.41, 5.74) is 13.7. The third kappa shape index (κ3) is 5.20. The Bertz CT molecular complexity index is 3180. The number of rotatable bonds is 6. The number of para-hydroxylation sites is 2. The SMILES string of the molecule is c1ccc(-c2ccc(N(c3ccccc3)c3cccc4oc5c6ccccc6c(-c6ccc(-c7ccc8c(c7)oc7ccccc78)cc6)cc5c34)cc2)cc1. The highest BCUT2D eigenvalue weighted by Crippen LogP contribution is 2.46. The molecule has 0 atom stereocenters. The van der Waals surface area contributed by atoms with Gasteiger partial charge in [0.25, 0.3) is 0 Å². The molecule has 0 aliphatic heterocycles. The molecule has 0 aliphatic rings. The highest BCUT2D eigenvalue weighted by atomic mass is 16.3. The van der Waals surface area contributed by atoms with Gasteiger partial charge in [0.15, 0.2) is 0 Å². The fourth-order valence-corrected chi connectivity index (χ4v) is 8.24. The summed E-state index contributed by atoms with van der Waals surface area (Å²) >= 11 is 0. The van der Waals surface area contributed by atoms with Crippen LogP contribution in [0.25, 0.3) is 88.0 Å². The standard InChI is InChI=1S/C52H33NO2/c1-3-12-34(13-4-1)35-26-29-40(30-27-35)53(39-14-5-2-6-15-39)47-19-11-21-49-51(47)46-33-45(41-16-7-8-18-44(41)52(46)55-49)37-24-22-36(23-25-37)38-28-31-43-42-17-9-10-20-48(42)54-50(43)32-38/h1-33H. The van der Waals surface area contributed by atoms with Crippen molar-refractivity contribution in [3.8, 4) is 33.4 Å². The summed E-state index contributed by atoms with van der Waals surface area (Å²) in [6.07, 6.45) is 0. The van der Waals surface area contributed by atoms with Crippen LogP contribution < -0.4 is 4.90 Å². The maximum atomic E-state index is 6.79. The Morgan fingerprint density at radius 3 is 1.67 bits per heavy atom. The monoisotopic (exact) mass is 703 g/mol. The van der Waals surface area contributed by atoms with E-state index in [4.69, 9.17) is 8.83 Å². The second-order valence-electron chi connectivity index (χ2n) is 14.1. The molecular weight excluding hydrogens is 671 g/mol. The van der Waals surface area contributed by atoms with E-state index in [1.807, 2.05) is 12.1 Å². The lowest BCUT2D eigenvalue weighted by molar-refractivity contribution is 0.669. The highest BCUT2D eigenvalue weighted by molar-refractivity contribution is 6.22. The lowest BCUT2D eigenvalue weighted by atomic mass is 9.93. The van der Waals surface area contributed by atoms with E-state index in [0.29, 0.717) is 0 Å². The van der Waals surface area contributed by atoms with Gasteiger partial charge in [0, 0.05) is 32.9 Å². The van der Waals surface area contributed by atoms with E-state index in [2.05, 4.69) is 193 Å². The smallest absolute Gasteiger partial charge is 0.143 e. The zero-order chi connectivity index (χ0) is 36.3. The molecule has 3 heteroatoms. The van der Waals surface area contributed by atoms with Crippen molar-refractivity contribution < 1.29 is 8.83 Å². The molecule has 11 aromatic rings. The fraction of sp³-hybridized carbons (Fsp3) is 0. The Balaban J connectivity index is 1.06. The third-order valence-corrected chi connectivity index (χ3v) is 10.9. The summed E-state index contributed by atoms with van der Waals surface area (Å²) < 4.78 is 13.0. The largest absolute Gasteiger partial charge is 0.456 e. The number of benzene rings is 9. The van der Waals surface area contributed by atoms with Gasteiger partial charge in [-0.05, 0) is 99.4 Å². The van der Waals surface area contributed by atoms with Crippen molar-refractivity contribution in [2.75, 3.05) is 4.90 Å². The van der Waals surface area contributed by atoms with Gasteiger partial charge in [-0.25, -0.2) is 0 Å². The first-order valence-corrected chi connectivity index (χ1v) is 18.7. The van der Waals surface area contributed by atoms with E-state index in [1.54, 1.807) is 0 Å². The van der Waals surface area contributed by atoms with Crippen LogP contribution in [0.2, 0.25) is 0 Å². The van der Waals surface area contributed by atoms with Crippen LogP contribution in [-0.2, 0) is 0 Å². The maximum absolute atomic E-state index is 6.79. The minimum absolute atomic E-state index is 0.855. The molecule has 0 saturated carbocycles. The molecule has 258 valence electrons. The molecule has 0 fully saturated rings. The number of anilines is 3. The number of fused-ring (bicyclic) bond motifs is 8. The molecule has 11 rings (SSSR count). The third-order valence-electron chi connectivity index (χ3n) is 10.9. The molecule has 0 bridgehead atoms. The Kier molecular flexibility index (Phi) is 7.17. The van der Waals surface area contributed by atoms with Crippen molar-refractivity contribution in [2.45, 2.75) is 0 Å². The Labute approximate surface area is 317 Å². The summed E-state index contributed by atoms with van der Waals surface area (Å²) in [6, 6.07) is 70.9. The topological polar surface area (TPSA) is 29.5 Å². The molecule has 0 unspecified atom stereocenters. The average Bonchev–Trinajstić information content (AvgIpc) is 3.83. The Morgan fingerprint density at radius 1 is 0.309 bits per heavy atom. The van der Waals surface area contributed by atoms with E-state index in [1.165, 1.54) is 16.7 Å². The molecule has 3 nitrogen and oxygen atoms in total. The first-order chi connectivity index (χ1) is 27.3. The van der Waals surface area contributed by atoms with E-state index < -0.39 is 0 Å². The van der Waals surface area contributed by atoms with Gasteiger partial charge in [0.05, 0.1) is 11.1 Å². The molecule has 9 aromatic carbocycles. The lowest BCUT2D eigenvalue weighted by Gasteiger charge is -2.26. The molecule has 0 amide bonds. The van der Waals surface area contributed by atoms with Gasteiger partial charge in [0.2, 0.25) is 0 Å². The van der Waals surface area contributed by atoms with Crippen LogP contribution in [0.5, 0.6) is 0 Å². The molecular formula is C52H33NO2. The number of hydrogen-bond acceptors (Lipinski definition) is 3. The van der Waals surface area contributed by atoms with Crippen molar-refractivity contribution in [3.63, 3.8) is 0 Å². The first kappa shape index (κ1) is 31.2. The normalized spacial score (nSPS) is 11.6. The van der Waals surface area contributed by atoms with Crippen molar-refractivity contribution in [1.29, 1.82) is 0 Å². The zero-order valence-corrected chi connectivity index (χ0v) is 29.8. The quantitative estimate of drug-likeness (QED) is 0.173. The summed E-state index contributed by atoms with van der Waals surface area (Å²) in [6.45, 7) is 0. The minimum Gasteiger partial charge on any atom is -0.456 e. The Hall–Kier alpha value is -7.36. The molecule has 55 heavy (non-hydrogen) atoms. The van der Waals surface area contributed by atoms with Gasteiger partial charge in [-0.1, -0.05) is 140 Å². The first-order valence-electron chi connectivity index (χ1n) is 18.7. The summed E-state index contributed by atoms with van der Waals surface area (Å²) in [4.78, 5) is 2.34. The van der Waals surface area contributed by atoms with Crippen molar-refractivity contribution in [2.24, 2.45) is 0 Å². The van der Waals surface area contributed by atoms with Crippen LogP contribution in [0.4, 0.5) is 17.1 Å². The van der Waals surface area contributed by atoms with E-state index in [-0.39, 0.29) is 0 Å². The van der Waals surface area contributed by atoms with Gasteiger partial charge in [-0.2, -0.15) is 0 Å². The fourth-order valence-electron chi connectivity index (χ4n) is 8.24. The number of hydrogen-bond donors (Lipinski definition) is 0. The van der Waals surface area contributed by atoms with Gasteiger partial charge in [-0.3, -0.25) is 0 Å². The second kappa shape index (κ2) is 12.6. The molecule has 0 saturated heterocycles. The predicted molar refractivity (Wildman–Crippen MR) is 229 cm³/mol. The van der Waals surface area contributed by atoms with Crippen LogP contribution in [0.15, 0.2) is 209 Å². The summed E-state index contributed by atoms with van der Waals surface area (Å²) in [7, 11) is 0. The highest BCUT2D eigenvalue weighted by Gasteiger charge is 2.22. The van der Waals surface area contributed by atoms with Gasteiger partial charge in [-0.15, -0.1) is 0 Å². The van der Waals surface area contributed by atoms with Crippen LogP contribution in [0.1, 0.15) is 0 Å². The van der Waals surface area contributed by atoms with E-state index in [9.17, 15) is 0 Å². The van der Waals surface area contributed by atoms with Crippen LogP contribution in [0.3, 0.4) is 0 Å². The molecule has 2 heterocycles. The molecule has 2 aromatic heterocycles. The minimum atomic E-state index is 0.855. The number of nitrogens with zero attached hydrogens (tertiary/aromatic N) is 1. The predicted octanol–water partition coefficient (Wildman–Crippen LogP) is 15.1. The number of furan rings is 2. The van der Waals surface area contributed by atoms with Crippen molar-refractivity contribution in [1.82, 2.24) is 0 Å². The van der Waals surface area contributed by atoms with Gasteiger partial charge < -0.3 is 13.7 Å². The Morgan fingerprint density at radius 2 is 0.873 bits per heavy atom. The maximum Gasteiger partial charge on any atom is 0.143 e. The van der Waals surface area contributed by atoms with Gasteiger partial charge in [0.1, 0.15) is 22.3 Å². The van der Waals surface area contributed by atoms with E-state index in [0.717, 1.165) is 88.4 Å². The average molecular weight is 704 g/mol. The zero-order valence-electron chi connectivity index (χ0n) is 29.8. The van der Waals surface area contributed by atoms with Crippen LogP contribution in [-0.4, -0.2) is 0 Å². The second-order valence-corrected chi connectivity index (χ2v) is 14.1. The molecule has 0 radical (unpaired) electrons. The molecule has 0 aliphatic carbocycles. The summed E-state index contributed by atoms with van der Waals surface area (Å²) in [5, 5.41) is 6.69. The summed E-state index contributed by atoms with van der Waals surface area (Å²) in [5.74, 6) is 0. The van der Waals surface area contributed by atoms with Gasteiger partial charge >= 0.3 is 0 Å². The van der Waals surface area contributed by atoms with Crippen LogP contribution in [0, 0.1) is 0 Å². The molecule has 0 spiro atoms. The lowest BCUT2D eigenvalue weighted by Crippen LogP contribution is -2.10. The van der Waals surface area contributed by atoms with Crippen molar-refractivity contribution in [3.05, 3.63) is 200 Å². The molecule has 0 N–H and O–H groups in total.